The summed E-state index contributed by atoms with van der Waals surface area (Å²) < 4.78 is 20.4. The molecule has 0 fully saturated rings. The van der Waals surface area contributed by atoms with E-state index in [-0.39, 0.29) is 24.0 Å². The van der Waals surface area contributed by atoms with Crippen LogP contribution in [-0.2, 0) is 0 Å². The largest absolute Gasteiger partial charge is 0.336 e. The van der Waals surface area contributed by atoms with Gasteiger partial charge < -0.3 is 9.84 Å². The second kappa shape index (κ2) is 7.22. The van der Waals surface area contributed by atoms with Gasteiger partial charge in [-0.1, -0.05) is 30.3 Å². The highest BCUT2D eigenvalue weighted by Crippen LogP contribution is 2.26. The van der Waals surface area contributed by atoms with Crippen molar-refractivity contribution in [2.75, 3.05) is 5.32 Å². The average Bonchev–Trinajstić information content (AvgIpc) is 3.36. The van der Waals surface area contributed by atoms with Gasteiger partial charge in [0.25, 0.3) is 11.8 Å². The van der Waals surface area contributed by atoms with Crippen LogP contribution >= 0.6 is 0 Å². The van der Waals surface area contributed by atoms with Crippen LogP contribution in [0.15, 0.2) is 53.3 Å². The van der Waals surface area contributed by atoms with Crippen LogP contribution in [0.3, 0.4) is 0 Å². The van der Waals surface area contributed by atoms with Crippen molar-refractivity contribution >= 4 is 17.2 Å². The second-order valence-electron chi connectivity index (χ2n) is 6.39. The molecule has 1 N–H and O–H groups in total. The number of amides is 1. The molecule has 7 nitrogen and oxygen atoms in total. The Kier molecular flexibility index (Phi) is 4.60. The summed E-state index contributed by atoms with van der Waals surface area (Å²) in [5, 5.41) is 6.74. The Labute approximate surface area is 160 Å². The average molecular weight is 379 g/mol. The number of nitrogens with zero attached hydrogens (tertiary/aromatic N) is 4. The maximum absolute atomic E-state index is 13.7. The fourth-order valence-corrected chi connectivity index (χ4v) is 2.84. The van der Waals surface area contributed by atoms with Crippen LogP contribution in [0.5, 0.6) is 0 Å². The fraction of sp³-hybridized carbons (Fsp3) is 0.200. The van der Waals surface area contributed by atoms with Gasteiger partial charge in [0.2, 0.25) is 5.82 Å². The van der Waals surface area contributed by atoms with Crippen LogP contribution in [0.2, 0.25) is 0 Å². The third-order valence-corrected chi connectivity index (χ3v) is 4.46. The van der Waals surface area contributed by atoms with E-state index < -0.39 is 6.17 Å². The first kappa shape index (κ1) is 17.8. The van der Waals surface area contributed by atoms with E-state index in [0.29, 0.717) is 22.6 Å². The minimum absolute atomic E-state index is 0.0469. The van der Waals surface area contributed by atoms with Crippen LogP contribution in [0.1, 0.15) is 41.5 Å². The number of rotatable bonds is 5. The summed E-state index contributed by atoms with van der Waals surface area (Å²) in [6, 6.07) is 10.9. The SMILES string of the molecule is CCC(F)c1nc(-c2ccc(C)c(NC(=O)c3cnc4ccccn34)c2)no1. The normalized spacial score (nSPS) is 12.2. The number of hydrogen-bond donors (Lipinski definition) is 1. The zero-order valence-electron chi connectivity index (χ0n) is 15.4. The molecule has 1 unspecified atom stereocenters. The van der Waals surface area contributed by atoms with Crippen molar-refractivity contribution in [3.8, 4) is 11.4 Å². The number of nitrogens with one attached hydrogen (secondary N) is 1. The van der Waals surface area contributed by atoms with E-state index in [4.69, 9.17) is 4.52 Å². The third kappa shape index (κ3) is 3.24. The Morgan fingerprint density at radius 3 is 3.00 bits per heavy atom. The number of aromatic nitrogens is 4. The first-order valence-electron chi connectivity index (χ1n) is 8.89. The summed E-state index contributed by atoms with van der Waals surface area (Å²) in [5.74, 6) is -0.0617. The summed E-state index contributed by atoms with van der Waals surface area (Å²) in [7, 11) is 0. The van der Waals surface area contributed by atoms with Crippen molar-refractivity contribution in [3.05, 3.63) is 65.9 Å². The molecular formula is C20H18FN5O2. The first-order valence-corrected chi connectivity index (χ1v) is 8.89. The number of fused-ring (bicyclic) bond motifs is 1. The molecule has 0 saturated carbocycles. The molecule has 0 radical (unpaired) electrons. The van der Waals surface area contributed by atoms with Crippen LogP contribution in [0, 0.1) is 6.92 Å². The monoisotopic (exact) mass is 379 g/mol. The summed E-state index contributed by atoms with van der Waals surface area (Å²) in [6.45, 7) is 3.58. The summed E-state index contributed by atoms with van der Waals surface area (Å²) in [6.07, 6.45) is 2.28. The lowest BCUT2D eigenvalue weighted by atomic mass is 10.1. The highest BCUT2D eigenvalue weighted by atomic mass is 19.1. The predicted octanol–water partition coefficient (Wildman–Crippen LogP) is 4.37. The Bertz CT molecular complexity index is 1150. The molecule has 0 aliphatic heterocycles. The number of benzene rings is 1. The summed E-state index contributed by atoms with van der Waals surface area (Å²) in [4.78, 5) is 21.1. The van der Waals surface area contributed by atoms with Crippen molar-refractivity contribution in [2.45, 2.75) is 26.4 Å². The maximum atomic E-state index is 13.7. The number of hydrogen-bond acceptors (Lipinski definition) is 5. The molecule has 3 aromatic heterocycles. The maximum Gasteiger partial charge on any atom is 0.274 e. The lowest BCUT2D eigenvalue weighted by Gasteiger charge is -2.09. The number of alkyl halides is 1. The summed E-state index contributed by atoms with van der Waals surface area (Å²) in [5.41, 5.74) is 3.20. The molecule has 4 rings (SSSR count). The fourth-order valence-electron chi connectivity index (χ4n) is 2.84. The molecule has 28 heavy (non-hydrogen) atoms. The Hall–Kier alpha value is -3.55. The standard InChI is InChI=1S/C20H18FN5O2/c1-3-14(21)20-24-18(25-28-20)13-8-7-12(2)15(10-13)23-19(27)16-11-22-17-6-4-5-9-26(16)17/h4-11,14H,3H2,1-2H3,(H,23,27). The van der Waals surface area contributed by atoms with Gasteiger partial charge in [0, 0.05) is 17.4 Å². The van der Waals surface area contributed by atoms with Gasteiger partial charge >= 0.3 is 0 Å². The van der Waals surface area contributed by atoms with E-state index in [1.165, 1.54) is 6.20 Å². The van der Waals surface area contributed by atoms with Crippen LogP contribution in [0.4, 0.5) is 10.1 Å². The predicted molar refractivity (Wildman–Crippen MR) is 102 cm³/mol. The van der Waals surface area contributed by atoms with Crippen molar-refractivity contribution in [3.63, 3.8) is 0 Å². The van der Waals surface area contributed by atoms with Gasteiger partial charge in [0.1, 0.15) is 11.3 Å². The molecule has 142 valence electrons. The molecule has 8 heteroatoms. The van der Waals surface area contributed by atoms with E-state index in [1.54, 1.807) is 29.7 Å². The number of anilines is 1. The Morgan fingerprint density at radius 1 is 1.32 bits per heavy atom. The molecule has 0 saturated heterocycles. The molecule has 0 aliphatic rings. The van der Waals surface area contributed by atoms with Crippen molar-refractivity contribution < 1.29 is 13.7 Å². The molecule has 1 amide bonds. The van der Waals surface area contributed by atoms with Crippen LogP contribution < -0.4 is 5.32 Å². The molecule has 0 spiro atoms. The van der Waals surface area contributed by atoms with Gasteiger partial charge in [0.15, 0.2) is 6.17 Å². The molecule has 4 aromatic rings. The highest BCUT2D eigenvalue weighted by molar-refractivity contribution is 6.04. The topological polar surface area (TPSA) is 85.3 Å². The van der Waals surface area contributed by atoms with E-state index in [9.17, 15) is 9.18 Å². The number of carbonyl (C=O) groups is 1. The van der Waals surface area contributed by atoms with Gasteiger partial charge in [-0.2, -0.15) is 4.98 Å². The third-order valence-electron chi connectivity index (χ3n) is 4.46. The van der Waals surface area contributed by atoms with Crippen molar-refractivity contribution in [2.24, 2.45) is 0 Å². The van der Waals surface area contributed by atoms with E-state index in [1.807, 2.05) is 31.2 Å². The van der Waals surface area contributed by atoms with Crippen molar-refractivity contribution in [1.29, 1.82) is 0 Å². The minimum Gasteiger partial charge on any atom is -0.336 e. The van der Waals surface area contributed by atoms with E-state index >= 15 is 0 Å². The Morgan fingerprint density at radius 2 is 2.18 bits per heavy atom. The smallest absolute Gasteiger partial charge is 0.274 e. The van der Waals surface area contributed by atoms with Crippen LogP contribution in [-0.4, -0.2) is 25.4 Å². The van der Waals surface area contributed by atoms with Gasteiger partial charge in [-0.05, 0) is 37.1 Å². The Balaban J connectivity index is 1.62. The molecule has 3 heterocycles. The first-order chi connectivity index (χ1) is 13.6. The zero-order chi connectivity index (χ0) is 19.7. The lowest BCUT2D eigenvalue weighted by molar-refractivity contribution is 0.102. The van der Waals surface area contributed by atoms with E-state index in [2.05, 4.69) is 20.4 Å². The second-order valence-corrected chi connectivity index (χ2v) is 6.39. The number of imidazole rings is 1. The van der Waals surface area contributed by atoms with Gasteiger partial charge in [0.05, 0.1) is 6.20 Å². The van der Waals surface area contributed by atoms with Gasteiger partial charge in [-0.3, -0.25) is 9.20 Å². The van der Waals surface area contributed by atoms with E-state index in [0.717, 1.165) is 5.56 Å². The summed E-state index contributed by atoms with van der Waals surface area (Å²) >= 11 is 0. The molecule has 0 bridgehead atoms. The molecular weight excluding hydrogens is 361 g/mol. The number of carbonyl (C=O) groups excluding carboxylic acids is 1. The van der Waals surface area contributed by atoms with Crippen molar-refractivity contribution in [1.82, 2.24) is 19.5 Å². The lowest BCUT2D eigenvalue weighted by Crippen LogP contribution is -2.15. The van der Waals surface area contributed by atoms with Gasteiger partial charge in [-0.15, -0.1) is 0 Å². The molecule has 1 atom stereocenters. The van der Waals surface area contributed by atoms with Crippen LogP contribution in [0.25, 0.3) is 17.0 Å². The molecule has 0 aliphatic carbocycles. The number of pyridine rings is 1. The highest BCUT2D eigenvalue weighted by Gasteiger charge is 2.18. The molecule has 1 aromatic carbocycles. The quantitative estimate of drug-likeness (QED) is 0.557. The minimum atomic E-state index is -1.29. The zero-order valence-corrected chi connectivity index (χ0v) is 15.4. The number of halogens is 1. The van der Waals surface area contributed by atoms with Gasteiger partial charge in [-0.25, -0.2) is 9.37 Å². The number of aryl methyl sites for hydroxylation is 1.